The molecule has 3 unspecified atom stereocenters. The zero-order valence-electron chi connectivity index (χ0n) is 20.4. The van der Waals surface area contributed by atoms with Crippen molar-refractivity contribution in [3.8, 4) is 0 Å². The molecule has 1 aliphatic carbocycles. The molecule has 5 N–H and O–H groups in total. The number of fused-ring (bicyclic) bond motifs is 1. The number of aliphatic hydroxyl groups excluding tert-OH is 1. The van der Waals surface area contributed by atoms with Gasteiger partial charge in [0.1, 0.15) is 5.69 Å². The lowest BCUT2D eigenvalue weighted by molar-refractivity contribution is -0.138. The molecule has 0 bridgehead atoms. The normalized spacial score (nSPS) is 22.5. The van der Waals surface area contributed by atoms with E-state index in [1.54, 1.807) is 30.6 Å². The van der Waals surface area contributed by atoms with Crippen molar-refractivity contribution in [3.05, 3.63) is 66.2 Å². The molecular formula is C27H33N5O4. The van der Waals surface area contributed by atoms with Gasteiger partial charge in [0.2, 0.25) is 5.91 Å². The summed E-state index contributed by atoms with van der Waals surface area (Å²) in [6.45, 7) is 2.11. The van der Waals surface area contributed by atoms with Gasteiger partial charge in [-0.3, -0.25) is 19.6 Å². The summed E-state index contributed by atoms with van der Waals surface area (Å²) in [5.74, 6) is -1.63. The average molecular weight is 492 g/mol. The van der Waals surface area contributed by atoms with E-state index in [9.17, 15) is 19.8 Å². The monoisotopic (exact) mass is 491 g/mol. The molecular weight excluding hydrogens is 458 g/mol. The highest BCUT2D eigenvalue weighted by Gasteiger charge is 2.44. The lowest BCUT2D eigenvalue weighted by atomic mass is 9.70. The van der Waals surface area contributed by atoms with Gasteiger partial charge in [0, 0.05) is 12.4 Å². The molecule has 36 heavy (non-hydrogen) atoms. The molecule has 2 aromatic heterocycles. The second-order valence-electron chi connectivity index (χ2n) is 9.93. The van der Waals surface area contributed by atoms with Gasteiger partial charge in [0.05, 0.1) is 40.9 Å². The van der Waals surface area contributed by atoms with Crippen molar-refractivity contribution < 1.29 is 19.8 Å². The van der Waals surface area contributed by atoms with Crippen LogP contribution in [0.5, 0.6) is 0 Å². The van der Waals surface area contributed by atoms with E-state index in [0.717, 1.165) is 18.4 Å². The first-order valence-electron chi connectivity index (χ1n) is 12.4. The van der Waals surface area contributed by atoms with Crippen molar-refractivity contribution in [2.75, 3.05) is 0 Å². The Morgan fingerprint density at radius 2 is 1.86 bits per heavy atom. The van der Waals surface area contributed by atoms with Crippen molar-refractivity contribution in [3.63, 3.8) is 0 Å². The number of carbonyl (C=O) groups excluding carboxylic acids is 2. The molecule has 3 aromatic rings. The minimum absolute atomic E-state index is 0.0746. The molecule has 190 valence electrons. The van der Waals surface area contributed by atoms with Crippen molar-refractivity contribution in [2.45, 2.75) is 63.2 Å². The van der Waals surface area contributed by atoms with Crippen LogP contribution in [0.4, 0.5) is 0 Å². The molecule has 1 aliphatic rings. The number of primary amides is 1. The molecule has 9 heteroatoms. The smallest absolute Gasteiger partial charge is 0.271 e. The van der Waals surface area contributed by atoms with Crippen LogP contribution in [-0.2, 0) is 11.2 Å². The predicted octanol–water partition coefficient (Wildman–Crippen LogP) is 2.16. The zero-order valence-corrected chi connectivity index (χ0v) is 20.4. The van der Waals surface area contributed by atoms with Crippen LogP contribution in [-0.4, -0.2) is 54.7 Å². The van der Waals surface area contributed by atoms with Crippen LogP contribution in [0.15, 0.2) is 55.0 Å². The predicted molar refractivity (Wildman–Crippen MR) is 135 cm³/mol. The van der Waals surface area contributed by atoms with E-state index in [1.807, 2.05) is 18.2 Å². The molecule has 0 saturated heterocycles. The first-order chi connectivity index (χ1) is 17.2. The summed E-state index contributed by atoms with van der Waals surface area (Å²) in [7, 11) is 0. The van der Waals surface area contributed by atoms with Crippen LogP contribution in [0.25, 0.3) is 11.0 Å². The highest BCUT2D eigenvalue weighted by Crippen LogP contribution is 2.39. The first kappa shape index (κ1) is 25.7. The molecule has 0 spiro atoms. The fourth-order valence-corrected chi connectivity index (χ4v) is 4.98. The van der Waals surface area contributed by atoms with Gasteiger partial charge in [-0.05, 0) is 68.2 Å². The van der Waals surface area contributed by atoms with Gasteiger partial charge in [-0.25, -0.2) is 4.98 Å². The van der Waals surface area contributed by atoms with Gasteiger partial charge in [-0.2, -0.15) is 0 Å². The summed E-state index contributed by atoms with van der Waals surface area (Å²) in [5, 5.41) is 25.4. The summed E-state index contributed by atoms with van der Waals surface area (Å²) < 4.78 is 0. The number of hydrogen-bond acceptors (Lipinski definition) is 7. The molecule has 2 amide bonds. The minimum atomic E-state index is -1.27. The molecule has 1 fully saturated rings. The highest BCUT2D eigenvalue weighted by molar-refractivity contribution is 5.94. The summed E-state index contributed by atoms with van der Waals surface area (Å²) in [6, 6.07) is 10.1. The van der Waals surface area contributed by atoms with Crippen LogP contribution in [0.2, 0.25) is 0 Å². The number of hydrogen-bond donors (Lipinski definition) is 4. The molecule has 0 aliphatic heterocycles. The third-order valence-corrected chi connectivity index (χ3v) is 7.25. The van der Waals surface area contributed by atoms with Gasteiger partial charge in [-0.1, -0.05) is 25.1 Å². The average Bonchev–Trinajstić information content (AvgIpc) is 2.88. The number of nitrogens with two attached hydrogens (primary N) is 1. The zero-order chi connectivity index (χ0) is 25.7. The van der Waals surface area contributed by atoms with Crippen molar-refractivity contribution in [1.82, 2.24) is 20.3 Å². The Hall–Kier alpha value is -3.43. The highest BCUT2D eigenvalue weighted by atomic mass is 16.3. The first-order valence-corrected chi connectivity index (χ1v) is 12.4. The standard InChI is InChI=1S/C27H33N5O4/c1-17-8-10-27(36,11-9-17)19(25(28)34)14-24(33)22(13-18-5-4-12-29-15-18)32-26(35)23-16-30-20-6-2-3-7-21(20)31-23/h2-7,12,15-17,19,22,24,33,36H,8-11,13-14H2,1H3,(H2,28,34)(H,32,35). The molecule has 1 aromatic carbocycles. The van der Waals surface area contributed by atoms with E-state index in [1.165, 1.54) is 6.20 Å². The lowest BCUT2D eigenvalue weighted by Crippen LogP contribution is -2.52. The number of amides is 2. The second kappa shape index (κ2) is 11.1. The summed E-state index contributed by atoms with van der Waals surface area (Å²) in [6.07, 6.45) is 6.19. The number of rotatable bonds is 9. The summed E-state index contributed by atoms with van der Waals surface area (Å²) in [5.41, 5.74) is 6.60. The Morgan fingerprint density at radius 3 is 2.53 bits per heavy atom. The number of carbonyl (C=O) groups is 2. The van der Waals surface area contributed by atoms with Gasteiger partial charge in [0.25, 0.3) is 5.91 Å². The number of pyridine rings is 1. The van der Waals surface area contributed by atoms with Crippen LogP contribution < -0.4 is 11.1 Å². The third-order valence-electron chi connectivity index (χ3n) is 7.25. The van der Waals surface area contributed by atoms with Crippen molar-refractivity contribution in [2.24, 2.45) is 17.6 Å². The minimum Gasteiger partial charge on any atom is -0.391 e. The van der Waals surface area contributed by atoms with Crippen LogP contribution in [0.3, 0.4) is 0 Å². The molecule has 1 saturated carbocycles. The Bertz CT molecular complexity index is 1200. The number of nitrogens with one attached hydrogen (secondary N) is 1. The Balaban J connectivity index is 1.55. The number of nitrogens with zero attached hydrogens (tertiary/aromatic N) is 3. The van der Waals surface area contributed by atoms with Crippen molar-refractivity contribution in [1.29, 1.82) is 0 Å². The molecule has 9 nitrogen and oxygen atoms in total. The summed E-state index contributed by atoms with van der Waals surface area (Å²) >= 11 is 0. The van der Waals surface area contributed by atoms with E-state index in [-0.39, 0.29) is 18.5 Å². The van der Waals surface area contributed by atoms with E-state index in [2.05, 4.69) is 27.2 Å². The summed E-state index contributed by atoms with van der Waals surface area (Å²) in [4.78, 5) is 38.3. The van der Waals surface area contributed by atoms with Crippen molar-refractivity contribution >= 4 is 22.8 Å². The number of para-hydroxylation sites is 2. The van der Waals surface area contributed by atoms with Gasteiger partial charge < -0.3 is 21.3 Å². The number of aromatic nitrogens is 3. The van der Waals surface area contributed by atoms with Crippen LogP contribution in [0.1, 0.15) is 55.1 Å². The van der Waals surface area contributed by atoms with E-state index >= 15 is 0 Å². The van der Waals surface area contributed by atoms with Gasteiger partial charge >= 0.3 is 0 Å². The molecule has 4 rings (SSSR count). The van der Waals surface area contributed by atoms with Crippen LogP contribution >= 0.6 is 0 Å². The Labute approximate surface area is 210 Å². The maximum Gasteiger partial charge on any atom is 0.271 e. The number of aliphatic hydroxyl groups is 2. The SMILES string of the molecule is CC1CCC(O)(C(CC(O)C(Cc2cccnc2)NC(=O)c2cnc3ccccc3n2)C(N)=O)CC1. The number of benzene rings is 1. The maximum absolute atomic E-state index is 13.1. The van der Waals surface area contributed by atoms with E-state index in [4.69, 9.17) is 5.73 Å². The fourth-order valence-electron chi connectivity index (χ4n) is 4.98. The molecule has 0 radical (unpaired) electrons. The largest absolute Gasteiger partial charge is 0.391 e. The lowest BCUT2D eigenvalue weighted by Gasteiger charge is -2.41. The van der Waals surface area contributed by atoms with E-state index in [0.29, 0.717) is 29.8 Å². The van der Waals surface area contributed by atoms with Crippen LogP contribution in [0, 0.1) is 11.8 Å². The molecule has 2 heterocycles. The quantitative estimate of drug-likeness (QED) is 0.358. The second-order valence-corrected chi connectivity index (χ2v) is 9.93. The fraction of sp³-hybridized carbons (Fsp3) is 0.444. The molecule has 3 atom stereocenters. The van der Waals surface area contributed by atoms with Gasteiger partial charge in [-0.15, -0.1) is 0 Å². The Morgan fingerprint density at radius 1 is 1.14 bits per heavy atom. The topological polar surface area (TPSA) is 151 Å². The van der Waals surface area contributed by atoms with Gasteiger partial charge in [0.15, 0.2) is 0 Å². The van der Waals surface area contributed by atoms with E-state index < -0.39 is 35.5 Å². The maximum atomic E-state index is 13.1. The third kappa shape index (κ3) is 6.03. The Kier molecular flexibility index (Phi) is 7.91.